The van der Waals surface area contributed by atoms with Crippen molar-refractivity contribution in [2.75, 3.05) is 12.4 Å². The van der Waals surface area contributed by atoms with E-state index in [2.05, 4.69) is 28.7 Å². The SMILES string of the molecule is O=C(CC1=Cc2ccccc2C1)C1SCN[C@@H]1C(=O)N1CCC[C@H]1C=NO. The van der Waals surface area contributed by atoms with Crippen LogP contribution in [0.3, 0.4) is 0 Å². The zero-order valence-corrected chi connectivity index (χ0v) is 15.8. The maximum Gasteiger partial charge on any atom is 0.241 e. The third kappa shape index (κ3) is 3.66. The van der Waals surface area contributed by atoms with E-state index in [1.54, 1.807) is 4.90 Å². The van der Waals surface area contributed by atoms with Crippen LogP contribution in [0, 0.1) is 0 Å². The molecular weight excluding hydrogens is 362 g/mol. The van der Waals surface area contributed by atoms with Crippen LogP contribution >= 0.6 is 11.8 Å². The summed E-state index contributed by atoms with van der Waals surface area (Å²) in [6, 6.07) is 7.51. The Balaban J connectivity index is 1.42. The second kappa shape index (κ2) is 7.86. The first-order valence-electron chi connectivity index (χ1n) is 9.30. The van der Waals surface area contributed by atoms with Gasteiger partial charge in [-0.3, -0.25) is 14.9 Å². The lowest BCUT2D eigenvalue weighted by Crippen LogP contribution is -2.51. The van der Waals surface area contributed by atoms with Crippen LogP contribution in [0.4, 0.5) is 0 Å². The van der Waals surface area contributed by atoms with Crippen molar-refractivity contribution in [3.05, 3.63) is 41.0 Å². The Kier molecular flexibility index (Phi) is 5.31. The first-order valence-corrected chi connectivity index (χ1v) is 10.4. The van der Waals surface area contributed by atoms with E-state index in [0.717, 1.165) is 24.8 Å². The summed E-state index contributed by atoms with van der Waals surface area (Å²) in [7, 11) is 0. The maximum atomic E-state index is 13.0. The van der Waals surface area contributed by atoms with Crippen molar-refractivity contribution in [1.29, 1.82) is 0 Å². The molecule has 2 aliphatic heterocycles. The lowest BCUT2D eigenvalue weighted by atomic mass is 10.0. The Hall–Kier alpha value is -2.12. The smallest absolute Gasteiger partial charge is 0.241 e. The first kappa shape index (κ1) is 18.3. The van der Waals surface area contributed by atoms with Crippen molar-refractivity contribution < 1.29 is 14.8 Å². The zero-order chi connectivity index (χ0) is 18.8. The summed E-state index contributed by atoms with van der Waals surface area (Å²) in [5.74, 6) is 0.636. The number of carbonyl (C=O) groups excluding carboxylic acids is 2. The number of amides is 1. The number of ketones is 1. The molecule has 0 radical (unpaired) electrons. The van der Waals surface area contributed by atoms with Gasteiger partial charge in [0.25, 0.3) is 0 Å². The minimum atomic E-state index is -0.500. The molecule has 1 aliphatic carbocycles. The number of thioether (sulfide) groups is 1. The molecule has 1 amide bonds. The van der Waals surface area contributed by atoms with Crippen LogP contribution in [0.2, 0.25) is 0 Å². The van der Waals surface area contributed by atoms with Crippen LogP contribution in [0.25, 0.3) is 6.08 Å². The summed E-state index contributed by atoms with van der Waals surface area (Å²) in [6.07, 6.45) is 6.38. The Bertz CT molecular complexity index is 807. The number of nitrogens with one attached hydrogen (secondary N) is 1. The van der Waals surface area contributed by atoms with Gasteiger partial charge in [0.05, 0.1) is 17.5 Å². The van der Waals surface area contributed by atoms with Crippen molar-refractivity contribution in [2.24, 2.45) is 5.16 Å². The number of rotatable bonds is 5. The van der Waals surface area contributed by atoms with E-state index in [1.165, 1.54) is 29.1 Å². The maximum absolute atomic E-state index is 13.0. The molecular formula is C20H23N3O3S. The minimum absolute atomic E-state index is 0.0653. The molecule has 3 atom stereocenters. The van der Waals surface area contributed by atoms with Gasteiger partial charge in [-0.25, -0.2) is 0 Å². The molecule has 0 aromatic heterocycles. The summed E-state index contributed by atoms with van der Waals surface area (Å²) in [4.78, 5) is 27.7. The highest BCUT2D eigenvalue weighted by molar-refractivity contribution is 8.00. The molecule has 2 saturated heterocycles. The number of nitrogens with zero attached hydrogens (tertiary/aromatic N) is 2. The number of hydrogen-bond acceptors (Lipinski definition) is 6. The van der Waals surface area contributed by atoms with Crippen LogP contribution in [0.15, 0.2) is 35.0 Å². The largest absolute Gasteiger partial charge is 0.411 e. The molecule has 4 rings (SSSR count). The molecule has 27 heavy (non-hydrogen) atoms. The Morgan fingerprint density at radius 1 is 1.37 bits per heavy atom. The Morgan fingerprint density at radius 2 is 2.22 bits per heavy atom. The fourth-order valence-corrected chi connectivity index (χ4v) is 5.32. The number of fused-ring (bicyclic) bond motifs is 1. The van der Waals surface area contributed by atoms with Crippen LogP contribution in [0.1, 0.15) is 30.4 Å². The van der Waals surface area contributed by atoms with Gasteiger partial charge < -0.3 is 10.1 Å². The van der Waals surface area contributed by atoms with E-state index in [4.69, 9.17) is 5.21 Å². The van der Waals surface area contributed by atoms with Gasteiger partial charge in [-0.15, -0.1) is 11.8 Å². The van der Waals surface area contributed by atoms with Gasteiger partial charge in [0.2, 0.25) is 5.91 Å². The molecule has 6 nitrogen and oxygen atoms in total. The molecule has 2 N–H and O–H groups in total. The van der Waals surface area contributed by atoms with Gasteiger partial charge in [-0.2, -0.15) is 0 Å². The molecule has 0 spiro atoms. The van der Waals surface area contributed by atoms with Gasteiger partial charge in [0, 0.05) is 18.8 Å². The molecule has 3 aliphatic rings. The van der Waals surface area contributed by atoms with Crippen molar-refractivity contribution in [3.63, 3.8) is 0 Å². The van der Waals surface area contributed by atoms with Crippen molar-refractivity contribution in [1.82, 2.24) is 10.2 Å². The van der Waals surface area contributed by atoms with Crippen LogP contribution in [-0.4, -0.2) is 57.8 Å². The lowest BCUT2D eigenvalue weighted by Gasteiger charge is -2.27. The molecule has 1 aromatic carbocycles. The van der Waals surface area contributed by atoms with E-state index in [1.807, 2.05) is 12.1 Å². The normalized spacial score (nSPS) is 27.2. The predicted octanol–water partition coefficient (Wildman–Crippen LogP) is 2.07. The average molecular weight is 385 g/mol. The predicted molar refractivity (Wildman–Crippen MR) is 106 cm³/mol. The molecule has 2 heterocycles. The third-order valence-corrected chi connectivity index (χ3v) is 6.73. The van der Waals surface area contributed by atoms with E-state index in [0.29, 0.717) is 18.8 Å². The number of allylic oxidation sites excluding steroid dienone is 1. The summed E-state index contributed by atoms with van der Waals surface area (Å²) < 4.78 is 0. The third-order valence-electron chi connectivity index (χ3n) is 5.51. The Labute approximate surface area is 162 Å². The number of Topliss-reactive ketones (excluding diaryl/α,β-unsaturated/α-hetero) is 1. The van der Waals surface area contributed by atoms with Crippen LogP contribution in [0.5, 0.6) is 0 Å². The van der Waals surface area contributed by atoms with Gasteiger partial charge in [-0.05, 0) is 30.4 Å². The minimum Gasteiger partial charge on any atom is -0.411 e. The number of oxime groups is 1. The fourth-order valence-electron chi connectivity index (χ4n) is 4.19. The Morgan fingerprint density at radius 3 is 3.04 bits per heavy atom. The summed E-state index contributed by atoms with van der Waals surface area (Å²) in [5, 5.41) is 14.7. The molecule has 1 unspecified atom stereocenters. The van der Waals surface area contributed by atoms with E-state index in [-0.39, 0.29) is 23.0 Å². The average Bonchev–Trinajstić information content (AvgIpc) is 3.40. The standard InChI is InChI=1S/C20H23N3O3S/c24-17(10-13-8-14-4-1-2-5-15(14)9-13)19-18(21-12-27-19)20(25)23-7-3-6-16(23)11-22-26/h1-2,4-5,8,11,16,18-19,21,26H,3,6-7,9-10,12H2/t16-,18-,19?/m0/s1. The molecule has 0 bridgehead atoms. The second-order valence-corrected chi connectivity index (χ2v) is 8.37. The summed E-state index contributed by atoms with van der Waals surface area (Å²) in [6.45, 7) is 0.639. The number of likely N-dealkylation sites (tertiary alicyclic amines) is 1. The number of hydrogen-bond donors (Lipinski definition) is 2. The summed E-state index contributed by atoms with van der Waals surface area (Å²) in [5.41, 5.74) is 3.56. The van der Waals surface area contributed by atoms with Crippen molar-refractivity contribution >= 4 is 35.7 Å². The van der Waals surface area contributed by atoms with E-state index < -0.39 is 6.04 Å². The van der Waals surface area contributed by atoms with Crippen LogP contribution < -0.4 is 5.32 Å². The molecule has 142 valence electrons. The van der Waals surface area contributed by atoms with Gasteiger partial charge in [-0.1, -0.05) is 41.1 Å². The van der Waals surface area contributed by atoms with Gasteiger partial charge in [0.15, 0.2) is 5.78 Å². The van der Waals surface area contributed by atoms with Crippen LogP contribution in [-0.2, 0) is 16.0 Å². The lowest BCUT2D eigenvalue weighted by molar-refractivity contribution is -0.134. The first-order chi connectivity index (χ1) is 13.2. The quantitative estimate of drug-likeness (QED) is 0.461. The second-order valence-electron chi connectivity index (χ2n) is 7.24. The van der Waals surface area contributed by atoms with Crippen molar-refractivity contribution in [2.45, 2.75) is 43.0 Å². The monoisotopic (exact) mass is 385 g/mol. The number of carbonyl (C=O) groups is 2. The highest BCUT2D eigenvalue weighted by Gasteiger charge is 2.42. The molecule has 2 fully saturated rings. The zero-order valence-electron chi connectivity index (χ0n) is 15.0. The van der Waals surface area contributed by atoms with E-state index >= 15 is 0 Å². The number of benzene rings is 1. The fraction of sp³-hybridized carbons (Fsp3) is 0.450. The topological polar surface area (TPSA) is 82.0 Å². The highest BCUT2D eigenvalue weighted by atomic mass is 32.2. The summed E-state index contributed by atoms with van der Waals surface area (Å²) >= 11 is 1.51. The van der Waals surface area contributed by atoms with Gasteiger partial charge >= 0.3 is 0 Å². The van der Waals surface area contributed by atoms with Crippen molar-refractivity contribution in [3.8, 4) is 0 Å². The molecule has 0 saturated carbocycles. The van der Waals surface area contributed by atoms with Gasteiger partial charge in [0.1, 0.15) is 6.04 Å². The highest BCUT2D eigenvalue weighted by Crippen LogP contribution is 2.31. The molecule has 7 heteroatoms. The van der Waals surface area contributed by atoms with E-state index in [9.17, 15) is 9.59 Å². The molecule has 1 aromatic rings.